The van der Waals surface area contributed by atoms with Crippen LogP contribution in [-0.4, -0.2) is 26.8 Å². The summed E-state index contributed by atoms with van der Waals surface area (Å²) < 4.78 is 52.2. The second kappa shape index (κ2) is 7.74. The van der Waals surface area contributed by atoms with E-state index in [2.05, 4.69) is 10.4 Å². The van der Waals surface area contributed by atoms with Crippen LogP contribution in [0.5, 0.6) is 0 Å². The maximum absolute atomic E-state index is 13.0. The molecule has 0 saturated heterocycles. The zero-order valence-corrected chi connectivity index (χ0v) is 14.6. The van der Waals surface area contributed by atoms with E-state index in [1.807, 2.05) is 0 Å². The van der Waals surface area contributed by atoms with Crippen LogP contribution in [0.3, 0.4) is 0 Å². The van der Waals surface area contributed by atoms with Crippen molar-refractivity contribution in [3.05, 3.63) is 82.8 Å². The number of aromatic nitrogens is 2. The zero-order chi connectivity index (χ0) is 21.2. The molecule has 0 bridgehead atoms. The zero-order valence-electron chi connectivity index (χ0n) is 14.6. The molecule has 29 heavy (non-hydrogen) atoms. The van der Waals surface area contributed by atoms with Gasteiger partial charge in [-0.2, -0.15) is 18.3 Å². The van der Waals surface area contributed by atoms with Crippen molar-refractivity contribution in [2.24, 2.45) is 0 Å². The summed E-state index contributed by atoms with van der Waals surface area (Å²) in [6.45, 7) is 0.0379. The van der Waals surface area contributed by atoms with Crippen LogP contribution >= 0.6 is 0 Å². The van der Waals surface area contributed by atoms with E-state index in [1.54, 1.807) is 0 Å². The van der Waals surface area contributed by atoms with E-state index in [1.165, 1.54) is 28.9 Å². The molecule has 1 amide bonds. The quantitative estimate of drug-likeness (QED) is 0.626. The van der Waals surface area contributed by atoms with Crippen LogP contribution in [0.15, 0.2) is 54.6 Å². The first-order chi connectivity index (χ1) is 13.6. The summed E-state index contributed by atoms with van der Waals surface area (Å²) in [6.07, 6.45) is -4.53. The molecule has 2 N–H and O–H groups in total. The van der Waals surface area contributed by atoms with Crippen molar-refractivity contribution >= 4 is 17.7 Å². The van der Waals surface area contributed by atoms with E-state index in [0.717, 1.165) is 30.3 Å². The minimum Gasteiger partial charge on any atom is -0.476 e. The number of amides is 1. The van der Waals surface area contributed by atoms with Gasteiger partial charge in [-0.1, -0.05) is 12.1 Å². The molecule has 0 aliphatic carbocycles. The minimum atomic E-state index is -4.53. The smallest absolute Gasteiger partial charge is 0.416 e. The fourth-order valence-corrected chi connectivity index (χ4v) is 2.50. The number of nitrogens with one attached hydrogen (secondary N) is 1. The van der Waals surface area contributed by atoms with Crippen molar-refractivity contribution in [1.82, 2.24) is 9.78 Å². The molecule has 0 atom stereocenters. The molecule has 0 spiro atoms. The lowest BCUT2D eigenvalue weighted by Crippen LogP contribution is -2.16. The Kier molecular flexibility index (Phi) is 5.35. The Bertz CT molecular complexity index is 1040. The monoisotopic (exact) mass is 407 g/mol. The highest BCUT2D eigenvalue weighted by molar-refractivity contribution is 6.04. The predicted molar refractivity (Wildman–Crippen MR) is 94.1 cm³/mol. The molecule has 3 aromatic rings. The molecular formula is C19H13F4N3O3. The number of halogens is 4. The molecule has 1 aromatic heterocycles. The Morgan fingerprint density at radius 3 is 2.21 bits per heavy atom. The average molecular weight is 407 g/mol. The van der Waals surface area contributed by atoms with Crippen molar-refractivity contribution in [3.8, 4) is 0 Å². The molecular weight excluding hydrogens is 394 g/mol. The number of carbonyl (C=O) groups is 2. The fraction of sp³-hybridized carbons (Fsp3) is 0.105. The van der Waals surface area contributed by atoms with Crippen LogP contribution in [0.25, 0.3) is 0 Å². The third-order valence-corrected chi connectivity index (χ3v) is 3.96. The molecule has 0 aliphatic rings. The number of nitrogens with zero attached hydrogens (tertiary/aromatic N) is 2. The maximum atomic E-state index is 13.0. The molecule has 0 radical (unpaired) electrons. The lowest BCUT2D eigenvalue weighted by atomic mass is 10.1. The first-order valence-corrected chi connectivity index (χ1v) is 8.17. The maximum Gasteiger partial charge on any atom is 0.416 e. The van der Waals surface area contributed by atoms with Crippen LogP contribution in [0, 0.1) is 5.82 Å². The number of rotatable bonds is 5. The van der Waals surface area contributed by atoms with Crippen molar-refractivity contribution in [3.63, 3.8) is 0 Å². The molecule has 0 saturated carbocycles. The Morgan fingerprint density at radius 1 is 1.03 bits per heavy atom. The normalized spacial score (nSPS) is 11.3. The van der Waals surface area contributed by atoms with Gasteiger partial charge in [0.2, 0.25) is 0 Å². The second-order valence-corrected chi connectivity index (χ2v) is 6.03. The number of carboxylic acids is 1. The van der Waals surface area contributed by atoms with Crippen LogP contribution in [-0.2, 0) is 12.7 Å². The van der Waals surface area contributed by atoms with Crippen LogP contribution < -0.4 is 5.32 Å². The highest BCUT2D eigenvalue weighted by Crippen LogP contribution is 2.29. The molecule has 0 fully saturated rings. The average Bonchev–Trinajstić information content (AvgIpc) is 3.06. The Hall–Kier alpha value is -3.69. The van der Waals surface area contributed by atoms with Gasteiger partial charge in [-0.3, -0.25) is 4.79 Å². The Labute approximate surface area is 161 Å². The Balaban J connectivity index is 1.84. The number of benzene rings is 2. The molecule has 2 aromatic carbocycles. The van der Waals surface area contributed by atoms with Gasteiger partial charge in [0, 0.05) is 11.6 Å². The molecule has 10 heteroatoms. The van der Waals surface area contributed by atoms with Gasteiger partial charge in [0.1, 0.15) is 11.6 Å². The van der Waals surface area contributed by atoms with Gasteiger partial charge >= 0.3 is 12.1 Å². The number of hydrogen-bond donors (Lipinski definition) is 2. The van der Waals surface area contributed by atoms with Gasteiger partial charge in [0.25, 0.3) is 5.91 Å². The number of alkyl halides is 3. The first kappa shape index (κ1) is 20.1. The topological polar surface area (TPSA) is 84.2 Å². The SMILES string of the molecule is O=C(Nc1cc(C(=O)O)nn1Cc1ccc(F)cc1)c1ccc(C(F)(F)F)cc1. The third kappa shape index (κ3) is 4.78. The van der Waals surface area contributed by atoms with E-state index in [9.17, 15) is 27.2 Å². The molecule has 1 heterocycles. The highest BCUT2D eigenvalue weighted by atomic mass is 19.4. The van der Waals surface area contributed by atoms with Gasteiger partial charge < -0.3 is 10.4 Å². The highest BCUT2D eigenvalue weighted by Gasteiger charge is 2.30. The summed E-state index contributed by atoms with van der Waals surface area (Å²) in [5, 5.41) is 15.5. The number of anilines is 1. The van der Waals surface area contributed by atoms with E-state index in [0.29, 0.717) is 5.56 Å². The predicted octanol–water partition coefficient (Wildman–Crippen LogP) is 4.04. The molecule has 3 rings (SSSR count). The van der Waals surface area contributed by atoms with Crippen LogP contribution in [0.1, 0.15) is 32.0 Å². The van der Waals surface area contributed by atoms with E-state index in [-0.39, 0.29) is 23.6 Å². The van der Waals surface area contributed by atoms with Crippen LogP contribution in [0.2, 0.25) is 0 Å². The minimum absolute atomic E-state index is 0.0247. The lowest BCUT2D eigenvalue weighted by Gasteiger charge is -2.10. The van der Waals surface area contributed by atoms with Gasteiger partial charge in [-0.25, -0.2) is 13.9 Å². The van der Waals surface area contributed by atoms with Crippen molar-refractivity contribution in [2.75, 3.05) is 5.32 Å². The summed E-state index contributed by atoms with van der Waals surface area (Å²) in [4.78, 5) is 23.6. The number of carboxylic acid groups (broad SMARTS) is 1. The molecule has 0 unspecified atom stereocenters. The lowest BCUT2D eigenvalue weighted by molar-refractivity contribution is -0.137. The third-order valence-electron chi connectivity index (χ3n) is 3.96. The second-order valence-electron chi connectivity index (χ2n) is 6.03. The van der Waals surface area contributed by atoms with Crippen molar-refractivity contribution < 1.29 is 32.3 Å². The summed E-state index contributed by atoms with van der Waals surface area (Å²) in [7, 11) is 0. The van der Waals surface area contributed by atoms with Gasteiger partial charge in [0.05, 0.1) is 12.1 Å². The number of hydrogen-bond acceptors (Lipinski definition) is 3. The first-order valence-electron chi connectivity index (χ1n) is 8.17. The molecule has 150 valence electrons. The van der Waals surface area contributed by atoms with E-state index >= 15 is 0 Å². The summed E-state index contributed by atoms with van der Waals surface area (Å²) in [6, 6.07) is 10.1. The van der Waals surface area contributed by atoms with Crippen molar-refractivity contribution in [2.45, 2.75) is 12.7 Å². The summed E-state index contributed by atoms with van der Waals surface area (Å²) >= 11 is 0. The number of carbonyl (C=O) groups excluding carboxylic acids is 1. The molecule has 6 nitrogen and oxygen atoms in total. The Morgan fingerprint density at radius 2 is 1.66 bits per heavy atom. The fourth-order valence-electron chi connectivity index (χ4n) is 2.50. The summed E-state index contributed by atoms with van der Waals surface area (Å²) in [5.74, 6) is -2.49. The van der Waals surface area contributed by atoms with Crippen molar-refractivity contribution in [1.29, 1.82) is 0 Å². The standard InChI is InChI=1S/C19H13F4N3O3/c20-14-7-1-11(2-8-14)10-26-16(9-15(25-26)18(28)29)24-17(27)12-3-5-13(6-4-12)19(21,22)23/h1-9H,10H2,(H,24,27)(H,28,29). The van der Waals surface area contributed by atoms with E-state index in [4.69, 9.17) is 5.11 Å². The number of aromatic carboxylic acids is 1. The van der Waals surface area contributed by atoms with E-state index < -0.39 is 29.4 Å². The van der Waals surface area contributed by atoms with Gasteiger partial charge in [-0.05, 0) is 42.0 Å². The van der Waals surface area contributed by atoms with Gasteiger partial charge in [-0.15, -0.1) is 0 Å². The largest absolute Gasteiger partial charge is 0.476 e. The van der Waals surface area contributed by atoms with Gasteiger partial charge in [0.15, 0.2) is 5.69 Å². The van der Waals surface area contributed by atoms with Crippen LogP contribution in [0.4, 0.5) is 23.4 Å². The summed E-state index contributed by atoms with van der Waals surface area (Å²) in [5.41, 5.74) is -0.695. The molecule has 0 aliphatic heterocycles.